The molecule has 2 aromatic rings. The third-order valence-electron chi connectivity index (χ3n) is 4.40. The van der Waals surface area contributed by atoms with E-state index < -0.39 is 0 Å². The summed E-state index contributed by atoms with van der Waals surface area (Å²) in [6.07, 6.45) is 10.8. The zero-order chi connectivity index (χ0) is 13.1. The highest BCUT2D eigenvalue weighted by molar-refractivity contribution is 5.85. The van der Waals surface area contributed by atoms with Gasteiger partial charge in [-0.25, -0.2) is 0 Å². The van der Waals surface area contributed by atoms with Crippen LogP contribution in [0.1, 0.15) is 50.2 Å². The molecule has 1 fully saturated rings. The van der Waals surface area contributed by atoms with Crippen molar-refractivity contribution in [2.75, 3.05) is 0 Å². The Morgan fingerprint density at radius 1 is 1.21 bits per heavy atom. The number of rotatable bonds is 4. The number of aliphatic hydroxyl groups excluding tert-OH is 1. The maximum atomic E-state index is 10.5. The summed E-state index contributed by atoms with van der Waals surface area (Å²) in [5, 5.41) is 12.7. The van der Waals surface area contributed by atoms with Crippen molar-refractivity contribution in [1.82, 2.24) is 4.98 Å². The van der Waals surface area contributed by atoms with Gasteiger partial charge in [0.15, 0.2) is 0 Å². The van der Waals surface area contributed by atoms with Gasteiger partial charge in [-0.3, -0.25) is 4.98 Å². The van der Waals surface area contributed by atoms with Crippen molar-refractivity contribution >= 4 is 10.8 Å². The highest BCUT2D eigenvalue weighted by atomic mass is 16.3. The summed E-state index contributed by atoms with van der Waals surface area (Å²) < 4.78 is 0. The van der Waals surface area contributed by atoms with E-state index in [0.717, 1.165) is 35.1 Å². The minimum absolute atomic E-state index is 0.341. The lowest BCUT2D eigenvalue weighted by Crippen LogP contribution is -2.02. The van der Waals surface area contributed by atoms with Crippen LogP contribution in [-0.2, 0) is 0 Å². The Balaban J connectivity index is 1.75. The molecular formula is C17H21NO. The Morgan fingerprint density at radius 2 is 2.05 bits per heavy atom. The second-order valence-corrected chi connectivity index (χ2v) is 5.69. The van der Waals surface area contributed by atoms with Gasteiger partial charge in [-0.1, -0.05) is 43.9 Å². The molecule has 1 aliphatic rings. The number of aliphatic hydroxyl groups is 1. The molecule has 0 aliphatic heterocycles. The molecule has 1 unspecified atom stereocenters. The molecule has 2 heteroatoms. The highest BCUT2D eigenvalue weighted by Gasteiger charge is 2.18. The van der Waals surface area contributed by atoms with Gasteiger partial charge in [0.05, 0.1) is 6.10 Å². The number of fused-ring (bicyclic) bond motifs is 1. The molecule has 0 amide bonds. The number of nitrogens with zero attached hydrogens (tertiary/aromatic N) is 1. The van der Waals surface area contributed by atoms with Crippen LogP contribution in [-0.4, -0.2) is 10.1 Å². The van der Waals surface area contributed by atoms with Gasteiger partial charge in [-0.05, 0) is 35.8 Å². The molecule has 1 aromatic heterocycles. The van der Waals surface area contributed by atoms with E-state index in [2.05, 4.69) is 11.1 Å². The minimum atomic E-state index is -0.341. The normalized spacial score (nSPS) is 17.9. The first-order valence-corrected chi connectivity index (χ1v) is 7.35. The molecule has 3 rings (SSSR count). The highest BCUT2D eigenvalue weighted by Crippen LogP contribution is 2.33. The average Bonchev–Trinajstić information content (AvgIpc) is 2.97. The molecule has 100 valence electrons. The van der Waals surface area contributed by atoms with Crippen molar-refractivity contribution in [2.24, 2.45) is 5.92 Å². The maximum absolute atomic E-state index is 10.5. The zero-order valence-corrected chi connectivity index (χ0v) is 11.3. The minimum Gasteiger partial charge on any atom is -0.388 e. The third-order valence-corrected chi connectivity index (χ3v) is 4.40. The summed E-state index contributed by atoms with van der Waals surface area (Å²) in [6, 6.07) is 8.11. The van der Waals surface area contributed by atoms with Crippen LogP contribution >= 0.6 is 0 Å². The maximum Gasteiger partial charge on any atom is 0.0796 e. The third kappa shape index (κ3) is 2.79. The molecule has 1 atom stereocenters. The number of benzene rings is 1. The molecule has 19 heavy (non-hydrogen) atoms. The van der Waals surface area contributed by atoms with Crippen LogP contribution in [0.5, 0.6) is 0 Å². The van der Waals surface area contributed by atoms with Crippen LogP contribution in [0.25, 0.3) is 10.8 Å². The van der Waals surface area contributed by atoms with Crippen LogP contribution in [0, 0.1) is 5.92 Å². The summed E-state index contributed by atoms with van der Waals surface area (Å²) in [4.78, 5) is 4.14. The molecule has 1 aliphatic carbocycles. The second kappa shape index (κ2) is 5.70. The Hall–Kier alpha value is -1.41. The van der Waals surface area contributed by atoms with E-state index in [4.69, 9.17) is 0 Å². The fraction of sp³-hybridized carbons (Fsp3) is 0.471. The standard InChI is InChI=1S/C17H21NO/c19-17(9-8-13-4-1-2-5-13)16-7-3-6-14-12-18-11-10-15(14)16/h3,6-7,10-13,17,19H,1-2,4-5,8-9H2. The van der Waals surface area contributed by atoms with Gasteiger partial charge < -0.3 is 5.11 Å². The lowest BCUT2D eigenvalue weighted by molar-refractivity contribution is 0.158. The first-order chi connectivity index (χ1) is 9.34. The molecule has 0 spiro atoms. The summed E-state index contributed by atoms with van der Waals surface area (Å²) >= 11 is 0. The Labute approximate surface area is 114 Å². The number of aromatic nitrogens is 1. The molecule has 1 heterocycles. The molecule has 0 saturated heterocycles. The Bertz CT molecular complexity index is 540. The SMILES string of the molecule is OC(CCC1CCCC1)c1cccc2cnccc12. The van der Waals surface area contributed by atoms with E-state index in [0.29, 0.717) is 0 Å². The van der Waals surface area contributed by atoms with Crippen molar-refractivity contribution in [2.45, 2.75) is 44.6 Å². The van der Waals surface area contributed by atoms with Crippen molar-refractivity contribution in [3.63, 3.8) is 0 Å². The molecule has 0 radical (unpaired) electrons. The predicted octanol–water partition coefficient (Wildman–Crippen LogP) is 4.24. The Morgan fingerprint density at radius 3 is 2.89 bits per heavy atom. The topological polar surface area (TPSA) is 33.1 Å². The van der Waals surface area contributed by atoms with Gasteiger partial charge >= 0.3 is 0 Å². The molecule has 1 saturated carbocycles. The molecule has 1 N–H and O–H groups in total. The lowest BCUT2D eigenvalue weighted by atomic mass is 9.94. The van der Waals surface area contributed by atoms with Crippen molar-refractivity contribution < 1.29 is 5.11 Å². The molecular weight excluding hydrogens is 234 g/mol. The van der Waals surface area contributed by atoms with Gasteiger partial charge in [0.25, 0.3) is 0 Å². The summed E-state index contributed by atoms with van der Waals surface area (Å²) in [5.74, 6) is 0.839. The summed E-state index contributed by atoms with van der Waals surface area (Å²) in [5.41, 5.74) is 1.05. The first kappa shape index (κ1) is 12.6. The fourth-order valence-electron chi connectivity index (χ4n) is 3.29. The monoisotopic (exact) mass is 255 g/mol. The van der Waals surface area contributed by atoms with Gasteiger partial charge in [0.2, 0.25) is 0 Å². The Kier molecular flexibility index (Phi) is 3.79. The van der Waals surface area contributed by atoms with Gasteiger partial charge in [0.1, 0.15) is 0 Å². The van der Waals surface area contributed by atoms with Gasteiger partial charge in [0, 0.05) is 17.8 Å². The van der Waals surface area contributed by atoms with Crippen LogP contribution in [0.4, 0.5) is 0 Å². The van der Waals surface area contributed by atoms with E-state index >= 15 is 0 Å². The molecule has 0 bridgehead atoms. The van der Waals surface area contributed by atoms with Gasteiger partial charge in [-0.15, -0.1) is 0 Å². The average molecular weight is 255 g/mol. The summed E-state index contributed by atoms with van der Waals surface area (Å²) in [7, 11) is 0. The van der Waals surface area contributed by atoms with E-state index in [9.17, 15) is 5.11 Å². The van der Waals surface area contributed by atoms with Crippen LogP contribution < -0.4 is 0 Å². The molecule has 1 aromatic carbocycles. The van der Waals surface area contributed by atoms with Crippen LogP contribution in [0.3, 0.4) is 0 Å². The largest absolute Gasteiger partial charge is 0.388 e. The van der Waals surface area contributed by atoms with E-state index in [1.165, 1.54) is 25.7 Å². The quantitative estimate of drug-likeness (QED) is 0.886. The summed E-state index contributed by atoms with van der Waals surface area (Å²) in [6.45, 7) is 0. The smallest absolute Gasteiger partial charge is 0.0796 e. The van der Waals surface area contributed by atoms with Crippen LogP contribution in [0.15, 0.2) is 36.7 Å². The van der Waals surface area contributed by atoms with E-state index in [1.54, 1.807) is 6.20 Å². The van der Waals surface area contributed by atoms with Crippen molar-refractivity contribution in [3.8, 4) is 0 Å². The van der Waals surface area contributed by atoms with Crippen molar-refractivity contribution in [3.05, 3.63) is 42.2 Å². The van der Waals surface area contributed by atoms with Crippen LogP contribution in [0.2, 0.25) is 0 Å². The second-order valence-electron chi connectivity index (χ2n) is 5.69. The number of pyridine rings is 1. The zero-order valence-electron chi connectivity index (χ0n) is 11.3. The number of hydrogen-bond acceptors (Lipinski definition) is 2. The van der Waals surface area contributed by atoms with Crippen molar-refractivity contribution in [1.29, 1.82) is 0 Å². The van der Waals surface area contributed by atoms with Gasteiger partial charge in [-0.2, -0.15) is 0 Å². The lowest BCUT2D eigenvalue weighted by Gasteiger charge is -2.16. The predicted molar refractivity (Wildman–Crippen MR) is 77.9 cm³/mol. The van der Waals surface area contributed by atoms with E-state index in [-0.39, 0.29) is 6.10 Å². The van der Waals surface area contributed by atoms with E-state index in [1.807, 2.05) is 24.4 Å². The number of hydrogen-bond donors (Lipinski definition) is 1. The fourth-order valence-corrected chi connectivity index (χ4v) is 3.29. The first-order valence-electron chi connectivity index (χ1n) is 7.35. The molecule has 2 nitrogen and oxygen atoms in total.